The van der Waals surface area contributed by atoms with Gasteiger partial charge in [0.2, 0.25) is 5.91 Å². The van der Waals surface area contributed by atoms with Gasteiger partial charge in [-0.3, -0.25) is 4.79 Å². The van der Waals surface area contributed by atoms with E-state index in [0.717, 1.165) is 22.6 Å². The fourth-order valence-corrected chi connectivity index (χ4v) is 2.58. The Morgan fingerprint density at radius 1 is 1.05 bits per heavy atom. The molecule has 3 heteroatoms. The van der Waals surface area contributed by atoms with Crippen LogP contribution in [0.2, 0.25) is 5.02 Å². The van der Waals surface area contributed by atoms with E-state index in [9.17, 15) is 4.79 Å². The molecule has 0 heterocycles. The van der Waals surface area contributed by atoms with E-state index in [1.807, 2.05) is 42.5 Å². The van der Waals surface area contributed by atoms with E-state index in [4.69, 9.17) is 11.6 Å². The third kappa shape index (κ3) is 4.88. The molecule has 0 saturated carbocycles. The molecule has 0 aliphatic rings. The molecule has 0 radical (unpaired) electrons. The third-order valence-corrected chi connectivity index (χ3v) is 3.95. The molecule has 1 unspecified atom stereocenters. The minimum absolute atomic E-state index is 0.0546. The van der Waals surface area contributed by atoms with Crippen molar-refractivity contribution in [2.24, 2.45) is 5.92 Å². The highest BCUT2D eigenvalue weighted by atomic mass is 35.5. The van der Waals surface area contributed by atoms with E-state index >= 15 is 0 Å². The number of aryl methyl sites for hydroxylation is 1. The van der Waals surface area contributed by atoms with E-state index in [1.165, 1.54) is 0 Å². The monoisotopic (exact) mass is 315 g/mol. The van der Waals surface area contributed by atoms with E-state index in [0.29, 0.717) is 12.3 Å². The smallest absolute Gasteiger partial charge is 0.220 e. The molecule has 0 aliphatic heterocycles. The van der Waals surface area contributed by atoms with Crippen molar-refractivity contribution >= 4 is 17.5 Å². The topological polar surface area (TPSA) is 29.1 Å². The summed E-state index contributed by atoms with van der Waals surface area (Å²) in [6.07, 6.45) is 1.21. The normalized spacial score (nSPS) is 12.2. The number of hydrogen-bond donors (Lipinski definition) is 1. The standard InChI is InChI=1S/C19H22ClNO/c1-14(2)19(16-6-4-3-5-7-16)21-18(22)13-10-15-8-11-17(20)12-9-15/h3-9,11-12,14,19H,10,13H2,1-2H3,(H,21,22). The Morgan fingerprint density at radius 3 is 2.27 bits per heavy atom. The quantitative estimate of drug-likeness (QED) is 0.816. The zero-order chi connectivity index (χ0) is 15.9. The molecule has 0 fully saturated rings. The lowest BCUT2D eigenvalue weighted by Crippen LogP contribution is -2.31. The van der Waals surface area contributed by atoms with Crippen molar-refractivity contribution in [2.75, 3.05) is 0 Å². The lowest BCUT2D eigenvalue weighted by atomic mass is 9.96. The van der Waals surface area contributed by atoms with Gasteiger partial charge in [-0.05, 0) is 35.6 Å². The van der Waals surface area contributed by atoms with Crippen LogP contribution in [0.5, 0.6) is 0 Å². The molecular weight excluding hydrogens is 294 g/mol. The first-order valence-corrected chi connectivity index (χ1v) is 8.03. The zero-order valence-corrected chi connectivity index (χ0v) is 13.8. The largest absolute Gasteiger partial charge is 0.349 e. The van der Waals surface area contributed by atoms with E-state index in [2.05, 4.69) is 31.3 Å². The number of benzene rings is 2. The summed E-state index contributed by atoms with van der Waals surface area (Å²) in [5, 5.41) is 3.87. The predicted octanol–water partition coefficient (Wildman–Crippen LogP) is 4.79. The maximum atomic E-state index is 12.2. The van der Waals surface area contributed by atoms with Crippen LogP contribution >= 0.6 is 11.6 Å². The average molecular weight is 316 g/mol. The van der Waals surface area contributed by atoms with Crippen molar-refractivity contribution in [1.29, 1.82) is 0 Å². The second-order valence-corrected chi connectivity index (χ2v) is 6.26. The molecule has 0 aliphatic carbocycles. The Hall–Kier alpha value is -1.80. The first kappa shape index (κ1) is 16.6. The minimum Gasteiger partial charge on any atom is -0.349 e. The molecule has 1 amide bonds. The van der Waals surface area contributed by atoms with E-state index in [-0.39, 0.29) is 11.9 Å². The number of halogens is 1. The maximum Gasteiger partial charge on any atom is 0.220 e. The second kappa shape index (κ2) is 8.00. The number of nitrogens with one attached hydrogen (secondary N) is 1. The maximum absolute atomic E-state index is 12.2. The molecule has 22 heavy (non-hydrogen) atoms. The Labute approximate surface area is 137 Å². The van der Waals surface area contributed by atoms with Crippen LogP contribution in [0.15, 0.2) is 54.6 Å². The fraction of sp³-hybridized carbons (Fsp3) is 0.316. The summed E-state index contributed by atoms with van der Waals surface area (Å²) in [6, 6.07) is 17.8. The molecule has 2 aromatic carbocycles. The summed E-state index contributed by atoms with van der Waals surface area (Å²) in [5.74, 6) is 0.430. The highest BCUT2D eigenvalue weighted by molar-refractivity contribution is 6.30. The molecule has 0 saturated heterocycles. The van der Waals surface area contributed by atoms with Crippen LogP contribution in [-0.2, 0) is 11.2 Å². The summed E-state index contributed by atoms with van der Waals surface area (Å²) < 4.78 is 0. The van der Waals surface area contributed by atoms with Gasteiger partial charge in [0.05, 0.1) is 6.04 Å². The molecule has 0 bridgehead atoms. The van der Waals surface area contributed by atoms with Crippen LogP contribution in [0.4, 0.5) is 0 Å². The summed E-state index contributed by atoms with van der Waals surface area (Å²) in [5.41, 5.74) is 2.28. The Balaban J connectivity index is 1.93. The van der Waals surface area contributed by atoms with Gasteiger partial charge in [-0.2, -0.15) is 0 Å². The van der Waals surface area contributed by atoms with Crippen LogP contribution in [0.3, 0.4) is 0 Å². The lowest BCUT2D eigenvalue weighted by molar-refractivity contribution is -0.122. The molecular formula is C19H22ClNO. The predicted molar refractivity (Wildman–Crippen MR) is 91.9 cm³/mol. The van der Waals surface area contributed by atoms with Crippen LogP contribution in [-0.4, -0.2) is 5.91 Å². The highest BCUT2D eigenvalue weighted by Gasteiger charge is 2.17. The van der Waals surface area contributed by atoms with Gasteiger partial charge >= 0.3 is 0 Å². The van der Waals surface area contributed by atoms with Crippen molar-refractivity contribution in [3.63, 3.8) is 0 Å². The highest BCUT2D eigenvalue weighted by Crippen LogP contribution is 2.21. The van der Waals surface area contributed by atoms with Gasteiger partial charge in [0, 0.05) is 11.4 Å². The average Bonchev–Trinajstić information content (AvgIpc) is 2.52. The molecule has 2 rings (SSSR count). The number of carbonyl (C=O) groups is 1. The van der Waals surface area contributed by atoms with Crippen LogP contribution < -0.4 is 5.32 Å². The van der Waals surface area contributed by atoms with Crippen molar-refractivity contribution < 1.29 is 4.79 Å². The lowest BCUT2D eigenvalue weighted by Gasteiger charge is -2.23. The van der Waals surface area contributed by atoms with Crippen molar-refractivity contribution in [3.8, 4) is 0 Å². The number of amides is 1. The molecule has 1 atom stereocenters. The number of hydrogen-bond acceptors (Lipinski definition) is 1. The summed E-state index contributed by atoms with van der Waals surface area (Å²) in [4.78, 5) is 12.2. The van der Waals surface area contributed by atoms with E-state index in [1.54, 1.807) is 0 Å². The van der Waals surface area contributed by atoms with Gasteiger partial charge in [-0.1, -0.05) is 67.9 Å². The first-order chi connectivity index (χ1) is 10.6. The number of rotatable bonds is 6. The van der Waals surface area contributed by atoms with Crippen molar-refractivity contribution in [1.82, 2.24) is 5.32 Å². The Bertz CT molecular complexity index is 593. The van der Waals surface area contributed by atoms with Gasteiger partial charge in [0.15, 0.2) is 0 Å². The Kier molecular flexibility index (Phi) is 6.02. The first-order valence-electron chi connectivity index (χ1n) is 7.65. The minimum atomic E-state index is 0.0546. The van der Waals surface area contributed by atoms with Crippen LogP contribution in [0, 0.1) is 5.92 Å². The van der Waals surface area contributed by atoms with Gasteiger partial charge in [0.25, 0.3) is 0 Å². The number of carbonyl (C=O) groups excluding carboxylic acids is 1. The van der Waals surface area contributed by atoms with Gasteiger partial charge in [-0.15, -0.1) is 0 Å². The van der Waals surface area contributed by atoms with Crippen molar-refractivity contribution in [3.05, 3.63) is 70.7 Å². The van der Waals surface area contributed by atoms with Gasteiger partial charge in [0.1, 0.15) is 0 Å². The molecule has 116 valence electrons. The SMILES string of the molecule is CC(C)C(NC(=O)CCc1ccc(Cl)cc1)c1ccccc1. The fourth-order valence-electron chi connectivity index (χ4n) is 2.45. The third-order valence-electron chi connectivity index (χ3n) is 3.70. The molecule has 1 N–H and O–H groups in total. The zero-order valence-electron chi connectivity index (χ0n) is 13.1. The van der Waals surface area contributed by atoms with Gasteiger partial charge < -0.3 is 5.32 Å². The van der Waals surface area contributed by atoms with Crippen molar-refractivity contribution in [2.45, 2.75) is 32.7 Å². The molecule has 2 nitrogen and oxygen atoms in total. The van der Waals surface area contributed by atoms with Crippen LogP contribution in [0.1, 0.15) is 37.4 Å². The summed E-state index contributed by atoms with van der Waals surface area (Å²) in [6.45, 7) is 4.24. The summed E-state index contributed by atoms with van der Waals surface area (Å²) >= 11 is 5.87. The second-order valence-electron chi connectivity index (χ2n) is 5.83. The summed E-state index contributed by atoms with van der Waals surface area (Å²) in [7, 11) is 0. The van der Waals surface area contributed by atoms with Crippen LogP contribution in [0.25, 0.3) is 0 Å². The molecule has 2 aromatic rings. The Morgan fingerprint density at radius 2 is 1.68 bits per heavy atom. The molecule has 0 aromatic heterocycles. The van der Waals surface area contributed by atoms with E-state index < -0.39 is 0 Å². The molecule has 0 spiro atoms. The van der Waals surface area contributed by atoms with Gasteiger partial charge in [-0.25, -0.2) is 0 Å².